The van der Waals surface area contributed by atoms with Crippen LogP contribution in [0.2, 0.25) is 5.02 Å². The normalized spacial score (nSPS) is 13.1. The van der Waals surface area contributed by atoms with Gasteiger partial charge in [-0.25, -0.2) is 4.98 Å². The highest BCUT2D eigenvalue weighted by atomic mass is 35.5. The number of imidazole rings is 1. The van der Waals surface area contributed by atoms with Crippen LogP contribution >= 0.6 is 11.6 Å². The predicted molar refractivity (Wildman–Crippen MR) is 104 cm³/mol. The van der Waals surface area contributed by atoms with Crippen LogP contribution in [0.3, 0.4) is 0 Å². The van der Waals surface area contributed by atoms with Gasteiger partial charge in [0.2, 0.25) is 0 Å². The molecule has 0 atom stereocenters. The summed E-state index contributed by atoms with van der Waals surface area (Å²) in [5.74, 6) is -0.352. The molecule has 0 radical (unpaired) electrons. The maximum absolute atomic E-state index is 12.8. The number of benzene rings is 1. The van der Waals surface area contributed by atoms with E-state index in [-0.39, 0.29) is 17.6 Å². The molecule has 2 aromatic rings. The fourth-order valence-corrected chi connectivity index (χ4v) is 3.42. The van der Waals surface area contributed by atoms with Gasteiger partial charge in [-0.05, 0) is 49.9 Å². The van der Waals surface area contributed by atoms with Crippen LogP contribution in [0.15, 0.2) is 18.2 Å². The Hall–Kier alpha value is -2.38. The molecule has 7 nitrogen and oxygen atoms in total. The zero-order valence-corrected chi connectivity index (χ0v) is 16.2. The fraction of sp³-hybridized carbons (Fsp3) is 0.421. The van der Waals surface area contributed by atoms with E-state index < -0.39 is 0 Å². The molecule has 144 valence electrons. The van der Waals surface area contributed by atoms with Crippen molar-refractivity contribution in [2.24, 2.45) is 0 Å². The lowest BCUT2D eigenvalue weighted by molar-refractivity contribution is 0.0931. The molecule has 0 unspecified atom stereocenters. The lowest BCUT2D eigenvalue weighted by Gasteiger charge is -2.17. The predicted octanol–water partition coefficient (Wildman–Crippen LogP) is 2.81. The van der Waals surface area contributed by atoms with Crippen LogP contribution in [0, 0.1) is 6.92 Å². The highest BCUT2D eigenvalue weighted by Crippen LogP contribution is 2.24. The van der Waals surface area contributed by atoms with E-state index >= 15 is 0 Å². The number of hydrogen-bond acceptors (Lipinski definition) is 4. The van der Waals surface area contributed by atoms with Crippen LogP contribution in [-0.2, 0) is 17.7 Å². The molecule has 1 aliphatic heterocycles. The van der Waals surface area contributed by atoms with E-state index in [0.717, 1.165) is 30.5 Å². The quantitative estimate of drug-likeness (QED) is 0.743. The van der Waals surface area contributed by atoms with Crippen molar-refractivity contribution in [3.05, 3.63) is 46.0 Å². The third-order valence-electron chi connectivity index (χ3n) is 4.56. The molecule has 0 fully saturated rings. The fourth-order valence-electron chi connectivity index (χ4n) is 3.19. The number of amides is 2. The Morgan fingerprint density at radius 3 is 2.85 bits per heavy atom. The summed E-state index contributed by atoms with van der Waals surface area (Å²) in [6, 6.07) is 5.26. The van der Waals surface area contributed by atoms with E-state index in [1.165, 1.54) is 0 Å². The molecule has 0 bridgehead atoms. The minimum atomic E-state index is -0.334. The molecule has 2 heterocycles. The van der Waals surface area contributed by atoms with Crippen LogP contribution in [0.5, 0.6) is 0 Å². The summed E-state index contributed by atoms with van der Waals surface area (Å²) in [4.78, 5) is 29.7. The Morgan fingerprint density at radius 1 is 1.30 bits per heavy atom. The molecule has 8 heteroatoms. The van der Waals surface area contributed by atoms with Crippen molar-refractivity contribution in [2.45, 2.75) is 32.7 Å². The molecule has 0 spiro atoms. The Morgan fingerprint density at radius 2 is 2.11 bits per heavy atom. The van der Waals surface area contributed by atoms with Gasteiger partial charge < -0.3 is 19.9 Å². The van der Waals surface area contributed by atoms with Crippen LogP contribution in [0.25, 0.3) is 0 Å². The first kappa shape index (κ1) is 19.4. The number of aryl methyl sites for hydroxylation is 1. The third kappa shape index (κ3) is 4.31. The first-order chi connectivity index (χ1) is 13.0. The third-order valence-corrected chi connectivity index (χ3v) is 4.80. The Bertz CT molecular complexity index is 863. The number of methoxy groups -OCH3 is 1. The van der Waals surface area contributed by atoms with Crippen LogP contribution in [-0.4, -0.2) is 41.6 Å². The molecular formula is C19H23ClN4O3. The van der Waals surface area contributed by atoms with Gasteiger partial charge in [0.25, 0.3) is 11.8 Å². The van der Waals surface area contributed by atoms with E-state index in [9.17, 15) is 9.59 Å². The molecular weight excluding hydrogens is 368 g/mol. The minimum Gasteiger partial charge on any atom is -0.383 e. The Labute approximate surface area is 163 Å². The molecule has 2 N–H and O–H groups in total. The van der Waals surface area contributed by atoms with Gasteiger partial charge in [-0.3, -0.25) is 9.59 Å². The van der Waals surface area contributed by atoms with Crippen molar-refractivity contribution in [1.29, 1.82) is 0 Å². The zero-order valence-electron chi connectivity index (χ0n) is 15.5. The molecule has 0 saturated carbocycles. The lowest BCUT2D eigenvalue weighted by Crippen LogP contribution is -2.28. The summed E-state index contributed by atoms with van der Waals surface area (Å²) in [6.45, 7) is 3.37. The van der Waals surface area contributed by atoms with E-state index in [1.54, 1.807) is 25.3 Å². The topological polar surface area (TPSA) is 85.2 Å². The number of rotatable bonds is 6. The molecule has 1 aliphatic rings. The van der Waals surface area contributed by atoms with Gasteiger partial charge in [0.1, 0.15) is 5.69 Å². The van der Waals surface area contributed by atoms with Crippen molar-refractivity contribution < 1.29 is 14.3 Å². The second-order valence-corrected chi connectivity index (χ2v) is 6.94. The van der Waals surface area contributed by atoms with Crippen molar-refractivity contribution in [1.82, 2.24) is 14.9 Å². The number of nitrogens with one attached hydrogen (secondary N) is 2. The van der Waals surface area contributed by atoms with E-state index in [4.69, 9.17) is 16.3 Å². The summed E-state index contributed by atoms with van der Waals surface area (Å²) in [7, 11) is 1.58. The maximum atomic E-state index is 12.8. The van der Waals surface area contributed by atoms with Gasteiger partial charge in [-0.1, -0.05) is 11.6 Å². The zero-order chi connectivity index (χ0) is 19.4. The Balaban J connectivity index is 1.86. The molecule has 2 amide bonds. The van der Waals surface area contributed by atoms with Gasteiger partial charge >= 0.3 is 0 Å². The minimum absolute atomic E-state index is 0.260. The summed E-state index contributed by atoms with van der Waals surface area (Å²) >= 11 is 5.97. The van der Waals surface area contributed by atoms with Crippen molar-refractivity contribution >= 4 is 29.1 Å². The first-order valence-electron chi connectivity index (χ1n) is 8.95. The van der Waals surface area contributed by atoms with E-state index in [0.29, 0.717) is 36.1 Å². The Kier molecular flexibility index (Phi) is 6.13. The number of fused-ring (bicyclic) bond motifs is 1. The second kappa shape index (κ2) is 8.54. The van der Waals surface area contributed by atoms with Gasteiger partial charge in [0, 0.05) is 30.9 Å². The van der Waals surface area contributed by atoms with Crippen molar-refractivity contribution in [3.63, 3.8) is 0 Å². The summed E-state index contributed by atoms with van der Waals surface area (Å²) in [5, 5.41) is 6.27. The highest BCUT2D eigenvalue weighted by Gasteiger charge is 2.27. The summed E-state index contributed by atoms with van der Waals surface area (Å²) in [6.07, 6.45) is 2.66. The van der Waals surface area contributed by atoms with Crippen LogP contribution in [0.1, 0.15) is 45.2 Å². The lowest BCUT2D eigenvalue weighted by atomic mass is 10.1. The van der Waals surface area contributed by atoms with Crippen molar-refractivity contribution in [3.8, 4) is 0 Å². The monoisotopic (exact) mass is 390 g/mol. The van der Waals surface area contributed by atoms with Gasteiger partial charge in [-0.15, -0.1) is 0 Å². The smallest absolute Gasteiger partial charge is 0.291 e. The molecule has 1 aromatic carbocycles. The average Bonchev–Trinajstić information content (AvgIpc) is 3.04. The second-order valence-electron chi connectivity index (χ2n) is 6.50. The number of carbonyl (C=O) groups excluding carboxylic acids is 2. The van der Waals surface area contributed by atoms with Gasteiger partial charge in [-0.2, -0.15) is 0 Å². The number of aromatic nitrogens is 2. The largest absolute Gasteiger partial charge is 0.383 e. The number of anilines is 1. The number of halogens is 1. The van der Waals surface area contributed by atoms with Gasteiger partial charge in [0.15, 0.2) is 5.82 Å². The van der Waals surface area contributed by atoms with E-state index in [1.807, 2.05) is 11.5 Å². The van der Waals surface area contributed by atoms with Gasteiger partial charge in [0.05, 0.1) is 12.3 Å². The number of hydrogen-bond donors (Lipinski definition) is 2. The molecule has 0 saturated heterocycles. The first-order valence-corrected chi connectivity index (χ1v) is 9.33. The van der Waals surface area contributed by atoms with Crippen molar-refractivity contribution in [2.75, 3.05) is 25.6 Å². The highest BCUT2D eigenvalue weighted by molar-refractivity contribution is 6.30. The number of nitrogens with zero attached hydrogens (tertiary/aromatic N) is 2. The van der Waals surface area contributed by atoms with E-state index in [2.05, 4.69) is 15.6 Å². The summed E-state index contributed by atoms with van der Waals surface area (Å²) in [5.41, 5.74) is 2.67. The molecule has 27 heavy (non-hydrogen) atoms. The number of ether oxygens (including phenoxy) is 1. The van der Waals surface area contributed by atoms with Crippen LogP contribution in [0.4, 0.5) is 5.69 Å². The number of carbonyl (C=O) groups is 2. The molecule has 0 aliphatic carbocycles. The summed E-state index contributed by atoms with van der Waals surface area (Å²) < 4.78 is 6.81. The SMILES string of the molecule is COCCNC(=O)c1nc(C(=O)Nc2ccc(Cl)cc2C)n2c1CCCC2. The van der Waals surface area contributed by atoms with Crippen LogP contribution < -0.4 is 10.6 Å². The maximum Gasteiger partial charge on any atom is 0.291 e. The average molecular weight is 391 g/mol. The molecule has 3 rings (SSSR count). The standard InChI is InChI=1S/C19H23ClN4O3/c1-12-11-13(20)6-7-14(12)22-19(26)17-23-16(18(25)21-8-10-27-2)15-5-3-4-9-24(15)17/h6-7,11H,3-5,8-10H2,1-2H3,(H,21,25)(H,22,26). The molecule has 1 aromatic heterocycles.